The first-order chi connectivity index (χ1) is 19.0. The molecule has 0 unspecified atom stereocenters. The number of furan rings is 1. The Morgan fingerprint density at radius 2 is 1.87 bits per heavy atom. The van der Waals surface area contributed by atoms with Crippen LogP contribution in [0.3, 0.4) is 0 Å². The smallest absolute Gasteiger partial charge is 0.255 e. The lowest BCUT2D eigenvalue weighted by Gasteiger charge is -2.26. The summed E-state index contributed by atoms with van der Waals surface area (Å²) in [6.07, 6.45) is 6.11. The van der Waals surface area contributed by atoms with Gasteiger partial charge in [0.1, 0.15) is 28.7 Å². The molecule has 2 aromatic heterocycles. The highest BCUT2D eigenvalue weighted by molar-refractivity contribution is 6.12. The average Bonchev–Trinajstić information content (AvgIpc) is 3.56. The van der Waals surface area contributed by atoms with E-state index in [9.17, 15) is 9.18 Å². The molecule has 1 aliphatic rings. The van der Waals surface area contributed by atoms with Crippen LogP contribution >= 0.6 is 0 Å². The number of aryl methyl sites for hydroxylation is 2. The summed E-state index contributed by atoms with van der Waals surface area (Å²) in [7, 11) is 1.58. The fourth-order valence-corrected chi connectivity index (χ4v) is 5.40. The van der Waals surface area contributed by atoms with Gasteiger partial charge in [-0.1, -0.05) is 25.4 Å². The first-order valence-corrected chi connectivity index (χ1v) is 14.0. The third-order valence-electron chi connectivity index (χ3n) is 7.43. The minimum atomic E-state index is -0.356. The Labute approximate surface area is 228 Å². The summed E-state index contributed by atoms with van der Waals surface area (Å²) >= 11 is 0. The van der Waals surface area contributed by atoms with E-state index in [-0.39, 0.29) is 11.7 Å². The van der Waals surface area contributed by atoms with Crippen molar-refractivity contribution in [1.82, 2.24) is 15.4 Å². The van der Waals surface area contributed by atoms with Crippen LogP contribution in [-0.4, -0.2) is 49.3 Å². The van der Waals surface area contributed by atoms with Crippen LogP contribution < -0.4 is 10.1 Å². The maximum atomic E-state index is 13.7. The highest BCUT2D eigenvalue weighted by Crippen LogP contribution is 2.43. The number of carbonyl (C=O) groups is 1. The van der Waals surface area contributed by atoms with Gasteiger partial charge in [0.25, 0.3) is 5.91 Å². The van der Waals surface area contributed by atoms with E-state index in [0.717, 1.165) is 48.6 Å². The van der Waals surface area contributed by atoms with E-state index < -0.39 is 0 Å². The number of hydrogen-bond donors (Lipinski definition) is 1. The zero-order valence-electron chi connectivity index (χ0n) is 22.9. The van der Waals surface area contributed by atoms with Gasteiger partial charge in [-0.15, -0.1) is 0 Å². The van der Waals surface area contributed by atoms with E-state index in [1.165, 1.54) is 31.4 Å². The van der Waals surface area contributed by atoms with Gasteiger partial charge in [0.05, 0.1) is 23.4 Å². The fraction of sp³-hybridized carbons (Fsp3) is 0.419. The van der Waals surface area contributed by atoms with Crippen molar-refractivity contribution in [2.24, 2.45) is 0 Å². The van der Waals surface area contributed by atoms with E-state index in [2.05, 4.69) is 15.4 Å². The summed E-state index contributed by atoms with van der Waals surface area (Å²) in [4.78, 5) is 15.6. The number of fused-ring (bicyclic) bond motifs is 1. The minimum absolute atomic E-state index is 0.287. The predicted octanol–water partition coefficient (Wildman–Crippen LogP) is 6.63. The zero-order valence-corrected chi connectivity index (χ0v) is 22.9. The molecule has 2 aromatic carbocycles. The molecule has 0 radical (unpaired) electrons. The molecule has 5 rings (SSSR count). The molecular formula is C31H36FN3O4. The summed E-state index contributed by atoms with van der Waals surface area (Å²) in [5.74, 6) is 1.18. The van der Waals surface area contributed by atoms with Gasteiger partial charge in [-0.05, 0) is 75.2 Å². The van der Waals surface area contributed by atoms with Crippen LogP contribution in [0.5, 0.6) is 5.75 Å². The molecule has 3 heterocycles. The largest absolute Gasteiger partial charge is 0.493 e. The molecule has 7 nitrogen and oxygen atoms in total. The standard InChI is InChI=1S/C31H36FN3O4/c1-4-24-28(25(5-2)39-34-24)22-19-27-23(18-26(22)37-17-9-16-35-14-7-6-8-15-35)29(31(36)33-3)30(38-27)20-10-12-21(32)13-11-20/h10-13,18-19H,4-9,14-17H2,1-3H3,(H,33,36). The van der Waals surface area contributed by atoms with Gasteiger partial charge in [0.15, 0.2) is 0 Å². The second-order valence-electron chi connectivity index (χ2n) is 9.98. The molecule has 1 N–H and O–H groups in total. The van der Waals surface area contributed by atoms with Crippen LogP contribution in [0.25, 0.3) is 33.4 Å². The second kappa shape index (κ2) is 12.0. The van der Waals surface area contributed by atoms with Crippen molar-refractivity contribution >= 4 is 16.9 Å². The van der Waals surface area contributed by atoms with Gasteiger partial charge in [0.2, 0.25) is 0 Å². The number of hydrogen-bond acceptors (Lipinski definition) is 6. The summed E-state index contributed by atoms with van der Waals surface area (Å²) in [5, 5.41) is 7.67. The van der Waals surface area contributed by atoms with E-state index in [0.29, 0.717) is 53.1 Å². The SMILES string of the molecule is CCc1noc(CC)c1-c1cc2oc(-c3ccc(F)cc3)c(C(=O)NC)c2cc1OCCCN1CCCCC1. The Hall–Kier alpha value is -3.65. The van der Waals surface area contributed by atoms with Crippen molar-refractivity contribution < 1.29 is 22.9 Å². The molecule has 0 bridgehead atoms. The number of ether oxygens (including phenoxy) is 1. The van der Waals surface area contributed by atoms with Crippen LogP contribution in [0.4, 0.5) is 4.39 Å². The average molecular weight is 534 g/mol. The number of piperidine rings is 1. The Kier molecular flexibility index (Phi) is 8.31. The summed E-state index contributed by atoms with van der Waals surface area (Å²) < 4.78 is 32.1. The lowest BCUT2D eigenvalue weighted by atomic mass is 9.97. The van der Waals surface area contributed by atoms with Crippen LogP contribution in [0.1, 0.15) is 61.3 Å². The van der Waals surface area contributed by atoms with E-state index in [4.69, 9.17) is 13.7 Å². The molecule has 206 valence electrons. The molecular weight excluding hydrogens is 497 g/mol. The quantitative estimate of drug-likeness (QED) is 0.230. The Balaban J connectivity index is 1.59. The first-order valence-electron chi connectivity index (χ1n) is 14.0. The topological polar surface area (TPSA) is 80.7 Å². The number of benzene rings is 2. The van der Waals surface area contributed by atoms with Gasteiger partial charge in [-0.3, -0.25) is 4.79 Å². The number of amides is 1. The van der Waals surface area contributed by atoms with Gasteiger partial charge in [-0.2, -0.15) is 0 Å². The maximum absolute atomic E-state index is 13.7. The van der Waals surface area contributed by atoms with Crippen LogP contribution in [0.2, 0.25) is 0 Å². The van der Waals surface area contributed by atoms with E-state index in [1.54, 1.807) is 19.2 Å². The lowest BCUT2D eigenvalue weighted by Crippen LogP contribution is -2.31. The fourth-order valence-electron chi connectivity index (χ4n) is 5.40. The number of nitrogens with zero attached hydrogens (tertiary/aromatic N) is 2. The number of likely N-dealkylation sites (tertiary alicyclic amines) is 1. The molecule has 1 fully saturated rings. The van der Waals surface area contributed by atoms with Gasteiger partial charge in [0, 0.05) is 36.5 Å². The molecule has 1 aliphatic heterocycles. The van der Waals surface area contributed by atoms with Crippen molar-refractivity contribution in [3.63, 3.8) is 0 Å². The molecule has 39 heavy (non-hydrogen) atoms. The summed E-state index contributed by atoms with van der Waals surface area (Å²) in [6.45, 7) is 7.91. The van der Waals surface area contributed by atoms with Crippen LogP contribution in [0.15, 0.2) is 45.3 Å². The predicted molar refractivity (Wildman–Crippen MR) is 150 cm³/mol. The Morgan fingerprint density at radius 3 is 2.56 bits per heavy atom. The van der Waals surface area contributed by atoms with Crippen molar-refractivity contribution in [2.75, 3.05) is 33.3 Å². The monoisotopic (exact) mass is 533 g/mol. The number of nitrogens with one attached hydrogen (secondary N) is 1. The highest BCUT2D eigenvalue weighted by atomic mass is 19.1. The molecule has 0 atom stereocenters. The third kappa shape index (κ3) is 5.57. The lowest BCUT2D eigenvalue weighted by molar-refractivity contribution is 0.0964. The summed E-state index contributed by atoms with van der Waals surface area (Å²) in [6, 6.07) is 9.75. The number of rotatable bonds is 10. The van der Waals surface area contributed by atoms with Crippen molar-refractivity contribution in [1.29, 1.82) is 0 Å². The molecule has 0 aliphatic carbocycles. The molecule has 0 spiro atoms. The molecule has 1 saturated heterocycles. The van der Waals surface area contributed by atoms with E-state index in [1.807, 2.05) is 26.0 Å². The minimum Gasteiger partial charge on any atom is -0.493 e. The normalized spacial score (nSPS) is 14.2. The van der Waals surface area contributed by atoms with Crippen LogP contribution in [0, 0.1) is 5.82 Å². The van der Waals surface area contributed by atoms with Crippen molar-refractivity contribution in [2.45, 2.75) is 52.4 Å². The highest BCUT2D eigenvalue weighted by Gasteiger charge is 2.26. The Bertz CT molecular complexity index is 1410. The van der Waals surface area contributed by atoms with Gasteiger partial charge in [-0.25, -0.2) is 4.39 Å². The molecule has 8 heteroatoms. The van der Waals surface area contributed by atoms with Crippen molar-refractivity contribution in [3.05, 3.63) is 59.2 Å². The number of aromatic nitrogens is 1. The number of carbonyl (C=O) groups excluding carboxylic acids is 1. The molecule has 1 amide bonds. The van der Waals surface area contributed by atoms with Gasteiger partial charge >= 0.3 is 0 Å². The third-order valence-corrected chi connectivity index (χ3v) is 7.43. The van der Waals surface area contributed by atoms with Crippen molar-refractivity contribution in [3.8, 4) is 28.2 Å². The number of halogens is 1. The molecule has 4 aromatic rings. The summed E-state index contributed by atoms with van der Waals surface area (Å²) in [5.41, 5.74) is 4.13. The van der Waals surface area contributed by atoms with Gasteiger partial charge < -0.3 is 23.9 Å². The maximum Gasteiger partial charge on any atom is 0.255 e. The molecule has 0 saturated carbocycles. The van der Waals surface area contributed by atoms with E-state index >= 15 is 0 Å². The second-order valence-corrected chi connectivity index (χ2v) is 9.98. The Morgan fingerprint density at radius 1 is 1.10 bits per heavy atom. The first kappa shape index (κ1) is 26.9. The zero-order chi connectivity index (χ0) is 27.4. The van der Waals surface area contributed by atoms with Crippen LogP contribution in [-0.2, 0) is 12.8 Å².